The van der Waals surface area contributed by atoms with Gasteiger partial charge in [0.05, 0.1) is 6.26 Å². The number of hydrogen-bond donors (Lipinski definition) is 1. The molecule has 16 heavy (non-hydrogen) atoms. The first kappa shape index (κ1) is 13.3. The fourth-order valence-corrected chi connectivity index (χ4v) is 2.38. The fourth-order valence-electron chi connectivity index (χ4n) is 1.69. The molecule has 5 heteroatoms. The van der Waals surface area contributed by atoms with Gasteiger partial charge in [-0.2, -0.15) is 0 Å². The molecule has 1 atom stereocenters. The van der Waals surface area contributed by atoms with Gasteiger partial charge >= 0.3 is 0 Å². The Morgan fingerprint density at radius 1 is 1.50 bits per heavy atom. The number of rotatable bonds is 6. The Morgan fingerprint density at radius 2 is 2.19 bits per heavy atom. The van der Waals surface area contributed by atoms with E-state index < -0.39 is 9.84 Å². The zero-order valence-electron chi connectivity index (χ0n) is 9.77. The van der Waals surface area contributed by atoms with Crippen molar-refractivity contribution in [2.75, 3.05) is 12.0 Å². The Bertz CT molecular complexity index is 422. The molecule has 1 unspecified atom stereocenters. The molecule has 0 saturated heterocycles. The molecule has 0 fully saturated rings. The molecule has 0 aliphatic rings. The summed E-state index contributed by atoms with van der Waals surface area (Å²) in [6.45, 7) is 2.01. The highest BCUT2D eigenvalue weighted by Gasteiger charge is 2.13. The number of hydrogen-bond acceptors (Lipinski definition) is 4. The average Bonchev–Trinajstić information content (AvgIpc) is 2.63. The van der Waals surface area contributed by atoms with Crippen LogP contribution in [0.15, 0.2) is 16.7 Å². The van der Waals surface area contributed by atoms with Crippen LogP contribution < -0.4 is 5.73 Å². The van der Waals surface area contributed by atoms with Gasteiger partial charge in [-0.05, 0) is 18.9 Å². The van der Waals surface area contributed by atoms with Crippen molar-refractivity contribution in [3.63, 3.8) is 0 Å². The third-order valence-electron chi connectivity index (χ3n) is 2.53. The molecule has 4 nitrogen and oxygen atoms in total. The van der Waals surface area contributed by atoms with Crippen molar-refractivity contribution >= 4 is 9.84 Å². The summed E-state index contributed by atoms with van der Waals surface area (Å²) in [5.41, 5.74) is 6.99. The number of nitrogens with two attached hydrogens (primary N) is 1. The van der Waals surface area contributed by atoms with Crippen LogP contribution in [-0.4, -0.2) is 20.4 Å². The van der Waals surface area contributed by atoms with Crippen molar-refractivity contribution < 1.29 is 12.8 Å². The Labute approximate surface area is 96.7 Å². The van der Waals surface area contributed by atoms with E-state index in [1.54, 1.807) is 6.26 Å². The monoisotopic (exact) mass is 245 g/mol. The van der Waals surface area contributed by atoms with E-state index >= 15 is 0 Å². The molecule has 0 spiro atoms. The standard InChI is InChI=1S/C11H19NO3S/c1-3-11-9(6-7-15-11)10(12)5-4-8-16(2,13)14/h6-7,10H,3-5,8,12H2,1-2H3. The minimum absolute atomic E-state index is 0.129. The summed E-state index contributed by atoms with van der Waals surface area (Å²) in [7, 11) is -2.88. The minimum atomic E-state index is -2.88. The van der Waals surface area contributed by atoms with Crippen molar-refractivity contribution in [1.82, 2.24) is 0 Å². The second-order valence-electron chi connectivity index (χ2n) is 4.03. The summed E-state index contributed by atoms with van der Waals surface area (Å²) in [5, 5.41) is 0. The minimum Gasteiger partial charge on any atom is -0.469 e. The van der Waals surface area contributed by atoms with E-state index in [2.05, 4.69) is 0 Å². The lowest BCUT2D eigenvalue weighted by Crippen LogP contribution is -2.13. The quantitative estimate of drug-likeness (QED) is 0.827. The van der Waals surface area contributed by atoms with Gasteiger partial charge < -0.3 is 10.2 Å². The first-order chi connectivity index (χ1) is 7.44. The SMILES string of the molecule is CCc1occc1C(N)CCCS(C)(=O)=O. The van der Waals surface area contributed by atoms with E-state index in [0.29, 0.717) is 12.8 Å². The molecular formula is C11H19NO3S. The van der Waals surface area contributed by atoms with Crippen LogP contribution in [0.3, 0.4) is 0 Å². The van der Waals surface area contributed by atoms with Crippen LogP contribution in [0.2, 0.25) is 0 Å². The Morgan fingerprint density at radius 3 is 2.75 bits per heavy atom. The molecule has 0 saturated carbocycles. The molecule has 0 aliphatic heterocycles. The second-order valence-corrected chi connectivity index (χ2v) is 6.29. The topological polar surface area (TPSA) is 73.3 Å². The van der Waals surface area contributed by atoms with Crippen molar-refractivity contribution in [2.45, 2.75) is 32.2 Å². The molecule has 0 aliphatic carbocycles. The smallest absolute Gasteiger partial charge is 0.147 e. The summed E-state index contributed by atoms with van der Waals surface area (Å²) in [6.07, 6.45) is 4.94. The summed E-state index contributed by atoms with van der Waals surface area (Å²) in [4.78, 5) is 0. The third-order valence-corrected chi connectivity index (χ3v) is 3.56. The summed E-state index contributed by atoms with van der Waals surface area (Å²) in [6, 6.07) is 1.74. The zero-order valence-corrected chi connectivity index (χ0v) is 10.6. The molecule has 0 aromatic carbocycles. The first-order valence-corrected chi connectivity index (χ1v) is 7.49. The van der Waals surface area contributed by atoms with Gasteiger partial charge in [0.15, 0.2) is 0 Å². The van der Waals surface area contributed by atoms with Crippen molar-refractivity contribution in [3.05, 3.63) is 23.7 Å². The summed E-state index contributed by atoms with van der Waals surface area (Å²) >= 11 is 0. The van der Waals surface area contributed by atoms with E-state index in [0.717, 1.165) is 17.7 Å². The highest BCUT2D eigenvalue weighted by molar-refractivity contribution is 7.90. The van der Waals surface area contributed by atoms with Crippen LogP contribution >= 0.6 is 0 Å². The van der Waals surface area contributed by atoms with Gasteiger partial charge in [0, 0.05) is 30.0 Å². The molecule has 1 heterocycles. The lowest BCUT2D eigenvalue weighted by Gasteiger charge is -2.10. The van der Waals surface area contributed by atoms with Gasteiger partial charge in [-0.3, -0.25) is 0 Å². The van der Waals surface area contributed by atoms with Crippen molar-refractivity contribution in [1.29, 1.82) is 0 Å². The van der Waals surface area contributed by atoms with Gasteiger partial charge in [-0.25, -0.2) is 8.42 Å². The Balaban J connectivity index is 2.50. The Kier molecular flexibility index (Phi) is 4.56. The van der Waals surface area contributed by atoms with Gasteiger partial charge in [0.25, 0.3) is 0 Å². The highest BCUT2D eigenvalue weighted by atomic mass is 32.2. The zero-order chi connectivity index (χ0) is 12.2. The van der Waals surface area contributed by atoms with Gasteiger partial charge in [0.2, 0.25) is 0 Å². The predicted octanol–water partition coefficient (Wildman–Crippen LogP) is 1.67. The number of furan rings is 1. The molecule has 1 aromatic rings. The Hall–Kier alpha value is -0.810. The van der Waals surface area contributed by atoms with E-state index in [9.17, 15) is 8.42 Å². The van der Waals surface area contributed by atoms with E-state index in [1.165, 1.54) is 6.26 Å². The van der Waals surface area contributed by atoms with Crippen LogP contribution in [0.5, 0.6) is 0 Å². The van der Waals surface area contributed by atoms with Crippen LogP contribution in [0.1, 0.15) is 37.1 Å². The van der Waals surface area contributed by atoms with Gasteiger partial charge in [-0.1, -0.05) is 6.92 Å². The molecule has 0 bridgehead atoms. The van der Waals surface area contributed by atoms with Crippen molar-refractivity contribution in [3.8, 4) is 0 Å². The lowest BCUT2D eigenvalue weighted by molar-refractivity contribution is 0.501. The molecular weight excluding hydrogens is 226 g/mol. The number of aryl methyl sites for hydroxylation is 1. The maximum atomic E-state index is 11.0. The molecule has 0 amide bonds. The van der Waals surface area contributed by atoms with Gasteiger partial charge in [0.1, 0.15) is 15.6 Å². The average molecular weight is 245 g/mol. The normalized spacial score (nSPS) is 13.9. The third kappa shape index (κ3) is 3.98. The van der Waals surface area contributed by atoms with Gasteiger partial charge in [-0.15, -0.1) is 0 Å². The van der Waals surface area contributed by atoms with Crippen LogP contribution in [-0.2, 0) is 16.3 Å². The summed E-state index contributed by atoms with van der Waals surface area (Å²) in [5.74, 6) is 1.09. The molecule has 1 aromatic heterocycles. The largest absolute Gasteiger partial charge is 0.469 e. The summed E-state index contributed by atoms with van der Waals surface area (Å²) < 4.78 is 27.2. The van der Waals surface area contributed by atoms with E-state index in [-0.39, 0.29) is 11.8 Å². The first-order valence-electron chi connectivity index (χ1n) is 5.43. The fraction of sp³-hybridized carbons (Fsp3) is 0.636. The lowest BCUT2D eigenvalue weighted by atomic mass is 10.0. The van der Waals surface area contributed by atoms with Crippen molar-refractivity contribution in [2.24, 2.45) is 5.73 Å². The highest BCUT2D eigenvalue weighted by Crippen LogP contribution is 2.21. The van der Waals surface area contributed by atoms with Crippen LogP contribution in [0.25, 0.3) is 0 Å². The van der Waals surface area contributed by atoms with Crippen LogP contribution in [0, 0.1) is 0 Å². The predicted molar refractivity (Wildman–Crippen MR) is 64.0 cm³/mol. The number of sulfone groups is 1. The molecule has 1 rings (SSSR count). The van der Waals surface area contributed by atoms with Crippen LogP contribution in [0.4, 0.5) is 0 Å². The van der Waals surface area contributed by atoms with E-state index in [4.69, 9.17) is 10.2 Å². The second kappa shape index (κ2) is 5.50. The maximum absolute atomic E-state index is 11.0. The molecule has 0 radical (unpaired) electrons. The molecule has 2 N–H and O–H groups in total. The molecule has 92 valence electrons. The maximum Gasteiger partial charge on any atom is 0.147 e. The van der Waals surface area contributed by atoms with E-state index in [1.807, 2.05) is 13.0 Å².